The van der Waals surface area contributed by atoms with Gasteiger partial charge in [-0.1, -0.05) is 0 Å². The van der Waals surface area contributed by atoms with E-state index in [4.69, 9.17) is 15.7 Å². The first-order chi connectivity index (χ1) is 7.18. The highest BCUT2D eigenvalue weighted by molar-refractivity contribution is 5.73. The zero-order valence-corrected chi connectivity index (χ0v) is 9.43. The number of piperidine rings is 1. The molecule has 92 valence electrons. The minimum atomic E-state index is -0.804. The van der Waals surface area contributed by atoms with Crippen molar-refractivity contribution in [2.45, 2.75) is 25.3 Å². The minimum absolute atomic E-state index is 0. The summed E-state index contributed by atoms with van der Waals surface area (Å²) in [7, 11) is 0. The van der Waals surface area contributed by atoms with E-state index < -0.39 is 12.0 Å². The number of quaternary nitrogens is 1. The molecule has 1 saturated heterocycles. The highest BCUT2D eigenvalue weighted by atomic mass is 35.5. The molecule has 2 rings (SSSR count). The average molecular weight is 251 g/mol. The molecule has 0 amide bonds. The van der Waals surface area contributed by atoms with Crippen molar-refractivity contribution in [1.82, 2.24) is 10.1 Å². The summed E-state index contributed by atoms with van der Waals surface area (Å²) in [5.74, 6) is -0.522. The van der Waals surface area contributed by atoms with Gasteiger partial charge in [0, 0.05) is 6.54 Å². The Labute approximate surface area is 99.1 Å². The summed E-state index contributed by atoms with van der Waals surface area (Å²) in [6.07, 6.45) is 4.18. The van der Waals surface area contributed by atoms with Crippen LogP contribution in [0.2, 0.25) is 0 Å². The Hall–Kier alpha value is -1.18. The lowest BCUT2D eigenvalue weighted by Crippen LogP contribution is -3.00. The summed E-state index contributed by atoms with van der Waals surface area (Å²) >= 11 is 0. The number of carboxylic acid groups (broad SMARTS) is 1. The number of nitrogens with zero attached hydrogens (tertiary/aromatic N) is 2. The number of carboxylic acids is 1. The van der Waals surface area contributed by atoms with Crippen molar-refractivity contribution in [3.8, 4) is 0 Å². The fourth-order valence-corrected chi connectivity index (χ4v) is 1.88. The van der Waals surface area contributed by atoms with Crippen molar-refractivity contribution in [1.29, 1.82) is 0 Å². The molecule has 8 heteroatoms. The average Bonchev–Trinajstić information content (AvgIpc) is 2.65. The first-order valence-electron chi connectivity index (χ1n) is 4.93. The standard InChI is InChI=1S/C8H14N4O3.ClH/c9-7-5-12(10-15-7)11-4-2-1-3-6(11)8(13)14;/h5-6,10H,1-4,9H2,(H,13,14);1H. The van der Waals surface area contributed by atoms with E-state index in [1.54, 1.807) is 16.3 Å². The fourth-order valence-electron chi connectivity index (χ4n) is 1.88. The lowest BCUT2D eigenvalue weighted by Gasteiger charge is -2.34. The molecule has 0 aromatic heterocycles. The Morgan fingerprint density at radius 2 is 2.38 bits per heavy atom. The molecule has 0 saturated carbocycles. The highest BCUT2D eigenvalue weighted by Gasteiger charge is 2.35. The third-order valence-electron chi connectivity index (χ3n) is 2.61. The number of nitrogens with two attached hydrogens (primary N) is 2. The van der Waals surface area contributed by atoms with Crippen LogP contribution in [-0.2, 0) is 9.63 Å². The smallest absolute Gasteiger partial charge is 0.323 e. The van der Waals surface area contributed by atoms with Crippen LogP contribution in [0.15, 0.2) is 12.1 Å². The molecule has 1 atom stereocenters. The molecular weight excluding hydrogens is 236 g/mol. The normalized spacial score (nSPS) is 25.6. The molecule has 5 N–H and O–H groups in total. The third kappa shape index (κ3) is 2.49. The Morgan fingerprint density at radius 3 is 2.94 bits per heavy atom. The fraction of sp³-hybridized carbons (Fsp3) is 0.625. The van der Waals surface area contributed by atoms with Crippen LogP contribution in [0, 0.1) is 0 Å². The van der Waals surface area contributed by atoms with E-state index in [0.29, 0.717) is 13.0 Å². The number of hydrazine groups is 1. The third-order valence-corrected chi connectivity index (χ3v) is 2.61. The van der Waals surface area contributed by atoms with Crippen molar-refractivity contribution in [3.63, 3.8) is 0 Å². The van der Waals surface area contributed by atoms with Gasteiger partial charge in [0.2, 0.25) is 0 Å². The van der Waals surface area contributed by atoms with E-state index in [0.717, 1.165) is 12.8 Å². The summed E-state index contributed by atoms with van der Waals surface area (Å²) in [5, 5.41) is 12.4. The topological polar surface area (TPSA) is 95.6 Å². The van der Waals surface area contributed by atoms with Crippen molar-refractivity contribution in [2.24, 2.45) is 5.73 Å². The second-order valence-corrected chi connectivity index (χ2v) is 3.65. The Bertz CT molecular complexity index is 299. The van der Waals surface area contributed by atoms with E-state index in [-0.39, 0.29) is 18.3 Å². The maximum atomic E-state index is 11.0. The molecule has 2 aliphatic rings. The predicted molar refractivity (Wildman–Crippen MR) is 49.1 cm³/mol. The Balaban J connectivity index is 0.00000128. The number of rotatable bonds is 2. The summed E-state index contributed by atoms with van der Waals surface area (Å²) in [6, 6.07) is -0.485. The predicted octanol–water partition coefficient (Wildman–Crippen LogP) is -4.67. The van der Waals surface area contributed by atoms with Gasteiger partial charge in [-0.15, -0.1) is 5.12 Å². The molecule has 0 spiro atoms. The largest absolute Gasteiger partial charge is 1.00 e. The highest BCUT2D eigenvalue weighted by Crippen LogP contribution is 2.18. The molecule has 0 aliphatic carbocycles. The van der Waals surface area contributed by atoms with Crippen LogP contribution in [0.4, 0.5) is 0 Å². The van der Waals surface area contributed by atoms with E-state index in [1.165, 1.54) is 5.59 Å². The van der Waals surface area contributed by atoms with E-state index >= 15 is 0 Å². The molecule has 16 heavy (non-hydrogen) atoms. The minimum Gasteiger partial charge on any atom is -1.00 e. The quantitative estimate of drug-likeness (QED) is 0.427. The molecule has 0 bridgehead atoms. The van der Waals surface area contributed by atoms with Gasteiger partial charge in [0.25, 0.3) is 5.88 Å². The summed E-state index contributed by atoms with van der Waals surface area (Å²) in [4.78, 5) is 16.0. The summed E-state index contributed by atoms with van der Waals surface area (Å²) < 4.78 is 0. The van der Waals surface area contributed by atoms with Crippen LogP contribution in [0.5, 0.6) is 0 Å². The van der Waals surface area contributed by atoms with Gasteiger partial charge in [-0.3, -0.25) is 9.63 Å². The van der Waals surface area contributed by atoms with Crippen molar-refractivity contribution >= 4 is 5.97 Å². The number of hydrogen-bond donors (Lipinski definition) is 3. The molecule has 0 aromatic rings. The van der Waals surface area contributed by atoms with Crippen LogP contribution in [0.25, 0.3) is 0 Å². The maximum Gasteiger partial charge on any atom is 0.323 e. The second kappa shape index (κ2) is 5.24. The molecular formula is C8H15ClN4O3. The molecule has 2 heterocycles. The number of hydrogen-bond acceptors (Lipinski definition) is 5. The van der Waals surface area contributed by atoms with Crippen LogP contribution < -0.4 is 23.7 Å². The lowest BCUT2D eigenvalue weighted by molar-refractivity contribution is -0.991. The summed E-state index contributed by atoms with van der Waals surface area (Å²) in [5.41, 5.74) is 6.87. The zero-order chi connectivity index (χ0) is 10.8. The molecule has 0 aromatic carbocycles. The number of halogens is 1. The monoisotopic (exact) mass is 250 g/mol. The number of carbonyl (C=O) groups is 1. The van der Waals surface area contributed by atoms with Crippen LogP contribution in [0.1, 0.15) is 19.3 Å². The van der Waals surface area contributed by atoms with Gasteiger partial charge in [0.1, 0.15) is 12.2 Å². The van der Waals surface area contributed by atoms with E-state index in [2.05, 4.69) is 0 Å². The van der Waals surface area contributed by atoms with Gasteiger partial charge in [-0.25, -0.2) is 0 Å². The molecule has 1 unspecified atom stereocenters. The van der Waals surface area contributed by atoms with Crippen LogP contribution in [0.3, 0.4) is 0 Å². The first kappa shape index (κ1) is 12.9. The lowest BCUT2D eigenvalue weighted by atomic mass is 10.0. The van der Waals surface area contributed by atoms with Crippen LogP contribution >= 0.6 is 0 Å². The van der Waals surface area contributed by atoms with Gasteiger partial charge in [0.05, 0.1) is 0 Å². The first-order valence-corrected chi connectivity index (χ1v) is 4.93. The molecule has 7 nitrogen and oxygen atoms in total. The van der Waals surface area contributed by atoms with Crippen molar-refractivity contribution < 1.29 is 32.7 Å². The summed E-state index contributed by atoms with van der Waals surface area (Å²) in [6.45, 7) is 0.709. The molecule has 1 fully saturated rings. The van der Waals surface area contributed by atoms with Crippen LogP contribution in [-0.4, -0.2) is 33.8 Å². The second-order valence-electron chi connectivity index (χ2n) is 3.65. The van der Waals surface area contributed by atoms with Gasteiger partial charge in [-0.05, 0) is 24.9 Å². The van der Waals surface area contributed by atoms with Crippen molar-refractivity contribution in [3.05, 3.63) is 12.1 Å². The molecule has 0 radical (unpaired) electrons. The maximum absolute atomic E-state index is 11.0. The van der Waals surface area contributed by atoms with Crippen molar-refractivity contribution in [2.75, 3.05) is 6.54 Å². The van der Waals surface area contributed by atoms with Gasteiger partial charge < -0.3 is 23.2 Å². The van der Waals surface area contributed by atoms with Gasteiger partial charge >= 0.3 is 5.97 Å². The van der Waals surface area contributed by atoms with E-state index in [9.17, 15) is 4.79 Å². The molecule has 2 aliphatic heterocycles. The number of aliphatic carboxylic acids is 1. The SMILES string of the molecule is NC1=CN(N2CCCCC2C(=O)O)[NH2+]O1.[Cl-]. The Morgan fingerprint density at radius 1 is 1.62 bits per heavy atom. The van der Waals surface area contributed by atoms with Gasteiger partial charge in [0.15, 0.2) is 0 Å². The van der Waals surface area contributed by atoms with Gasteiger partial charge in [-0.2, -0.15) is 5.01 Å². The van der Waals surface area contributed by atoms with E-state index in [1.807, 2.05) is 0 Å². The Kier molecular flexibility index (Phi) is 4.22. The zero-order valence-electron chi connectivity index (χ0n) is 8.67.